The van der Waals surface area contributed by atoms with E-state index in [4.69, 9.17) is 4.74 Å². The fourth-order valence-corrected chi connectivity index (χ4v) is 3.96. The zero-order valence-corrected chi connectivity index (χ0v) is 16.8. The van der Waals surface area contributed by atoms with Crippen LogP contribution >= 0.6 is 0 Å². The van der Waals surface area contributed by atoms with Crippen LogP contribution in [-0.4, -0.2) is 56.9 Å². The van der Waals surface area contributed by atoms with Gasteiger partial charge in [0.1, 0.15) is 5.82 Å². The van der Waals surface area contributed by atoms with E-state index in [0.29, 0.717) is 45.6 Å². The number of aromatic amines is 1. The van der Waals surface area contributed by atoms with Gasteiger partial charge in [0.05, 0.1) is 13.2 Å². The van der Waals surface area contributed by atoms with Gasteiger partial charge in [-0.05, 0) is 24.5 Å². The van der Waals surface area contributed by atoms with E-state index in [1.165, 1.54) is 15.6 Å². The quantitative estimate of drug-likeness (QED) is 0.656. The number of nitrogens with one attached hydrogen (secondary N) is 1. The van der Waals surface area contributed by atoms with Crippen molar-refractivity contribution in [2.45, 2.75) is 38.8 Å². The van der Waals surface area contributed by atoms with Gasteiger partial charge in [0.15, 0.2) is 0 Å². The number of carbonyl (C=O) groups is 1. The van der Waals surface area contributed by atoms with Gasteiger partial charge in [-0.2, -0.15) is 5.10 Å². The van der Waals surface area contributed by atoms with Crippen molar-refractivity contribution in [2.75, 3.05) is 26.8 Å². The number of amides is 1. The number of rotatable bonds is 7. The Morgan fingerprint density at radius 3 is 2.97 bits per heavy atom. The standard InChI is InChI=1S/C21H27N5O3/c1-29-14-13-26-21(28)25-12-11-24(10-9-19(25)23-26)20(27)8-4-5-16-15-22-18-7-3-2-6-17(16)18/h2-3,6-7,15,22H,4-5,8-14H2,1H3. The molecule has 154 valence electrons. The summed E-state index contributed by atoms with van der Waals surface area (Å²) in [6.45, 7) is 2.56. The summed E-state index contributed by atoms with van der Waals surface area (Å²) in [5, 5.41) is 5.64. The molecule has 0 atom stereocenters. The largest absolute Gasteiger partial charge is 0.383 e. The van der Waals surface area contributed by atoms with Crippen molar-refractivity contribution in [3.8, 4) is 0 Å². The summed E-state index contributed by atoms with van der Waals surface area (Å²) in [5.74, 6) is 0.899. The van der Waals surface area contributed by atoms with Crippen molar-refractivity contribution in [1.82, 2.24) is 24.2 Å². The Balaban J connectivity index is 1.31. The third-order valence-electron chi connectivity index (χ3n) is 5.57. The second-order valence-corrected chi connectivity index (χ2v) is 7.41. The highest BCUT2D eigenvalue weighted by atomic mass is 16.5. The molecule has 0 spiro atoms. The summed E-state index contributed by atoms with van der Waals surface area (Å²) in [4.78, 5) is 30.3. The van der Waals surface area contributed by atoms with Crippen molar-refractivity contribution in [3.63, 3.8) is 0 Å². The van der Waals surface area contributed by atoms with Crippen molar-refractivity contribution in [3.05, 3.63) is 52.3 Å². The molecule has 1 N–H and O–H groups in total. The number of H-pyrrole nitrogens is 1. The van der Waals surface area contributed by atoms with Gasteiger partial charge in [0.2, 0.25) is 5.91 Å². The average Bonchev–Trinajstić information content (AvgIpc) is 3.19. The van der Waals surface area contributed by atoms with Crippen molar-refractivity contribution >= 4 is 16.8 Å². The number of benzene rings is 1. The maximum atomic E-state index is 12.7. The van der Waals surface area contributed by atoms with Crippen LogP contribution in [0.4, 0.5) is 0 Å². The van der Waals surface area contributed by atoms with E-state index >= 15 is 0 Å². The maximum Gasteiger partial charge on any atom is 0.346 e. The summed E-state index contributed by atoms with van der Waals surface area (Å²) >= 11 is 0. The molecule has 0 fully saturated rings. The van der Waals surface area contributed by atoms with E-state index in [1.54, 1.807) is 11.7 Å². The normalized spacial score (nSPS) is 14.2. The van der Waals surface area contributed by atoms with Crippen LogP contribution in [-0.2, 0) is 35.5 Å². The Morgan fingerprint density at radius 2 is 2.10 bits per heavy atom. The minimum atomic E-state index is -0.120. The van der Waals surface area contributed by atoms with E-state index in [-0.39, 0.29) is 11.6 Å². The second kappa shape index (κ2) is 8.65. The van der Waals surface area contributed by atoms with E-state index in [1.807, 2.05) is 23.2 Å². The first-order valence-corrected chi connectivity index (χ1v) is 10.2. The van der Waals surface area contributed by atoms with E-state index in [9.17, 15) is 9.59 Å². The fraction of sp³-hybridized carbons (Fsp3) is 0.476. The first-order chi connectivity index (χ1) is 14.2. The molecule has 2 aromatic heterocycles. The smallest absolute Gasteiger partial charge is 0.346 e. The predicted molar refractivity (Wildman–Crippen MR) is 110 cm³/mol. The van der Waals surface area contributed by atoms with Gasteiger partial charge in [-0.1, -0.05) is 18.2 Å². The Morgan fingerprint density at radius 1 is 1.24 bits per heavy atom. The molecule has 0 saturated carbocycles. The first-order valence-electron chi connectivity index (χ1n) is 10.2. The van der Waals surface area contributed by atoms with Crippen LogP contribution in [0, 0.1) is 0 Å². The number of aromatic nitrogens is 4. The number of ether oxygens (including phenoxy) is 1. The number of fused-ring (bicyclic) bond motifs is 2. The molecule has 4 rings (SSSR count). The zero-order valence-electron chi connectivity index (χ0n) is 16.8. The van der Waals surface area contributed by atoms with Crippen LogP contribution < -0.4 is 5.69 Å². The Bertz CT molecular complexity index is 1050. The molecule has 0 radical (unpaired) electrons. The van der Waals surface area contributed by atoms with Crippen molar-refractivity contribution in [2.24, 2.45) is 0 Å². The summed E-state index contributed by atoms with van der Waals surface area (Å²) in [6.07, 6.45) is 4.83. The highest BCUT2D eigenvalue weighted by Crippen LogP contribution is 2.19. The lowest BCUT2D eigenvalue weighted by Crippen LogP contribution is -2.35. The Labute approximate surface area is 169 Å². The Kier molecular flexibility index (Phi) is 5.80. The summed E-state index contributed by atoms with van der Waals surface area (Å²) < 4.78 is 8.18. The SMILES string of the molecule is COCCn1nc2n(c1=O)CCN(C(=O)CCCc1c[nH]c3ccccc13)CC2. The monoisotopic (exact) mass is 397 g/mol. The lowest BCUT2D eigenvalue weighted by Gasteiger charge is -2.20. The topological polar surface area (TPSA) is 85.2 Å². The first kappa shape index (κ1) is 19.4. The van der Waals surface area contributed by atoms with Crippen LogP contribution in [0.2, 0.25) is 0 Å². The molecule has 1 aliphatic rings. The number of hydrogen-bond donors (Lipinski definition) is 1. The van der Waals surface area contributed by atoms with Crippen LogP contribution in [0.1, 0.15) is 24.2 Å². The van der Waals surface area contributed by atoms with Gasteiger partial charge >= 0.3 is 5.69 Å². The number of carbonyl (C=O) groups excluding carboxylic acids is 1. The van der Waals surface area contributed by atoms with Crippen molar-refractivity contribution in [1.29, 1.82) is 0 Å². The Hall–Kier alpha value is -2.87. The summed E-state index contributed by atoms with van der Waals surface area (Å²) in [7, 11) is 1.61. The molecule has 8 nitrogen and oxygen atoms in total. The van der Waals surface area contributed by atoms with Gasteiger partial charge in [-0.15, -0.1) is 0 Å². The molecule has 0 aliphatic carbocycles. The molecular weight excluding hydrogens is 370 g/mol. The molecule has 1 aliphatic heterocycles. The number of nitrogens with zero attached hydrogens (tertiary/aromatic N) is 4. The van der Waals surface area contributed by atoms with Gasteiger partial charge in [-0.3, -0.25) is 9.36 Å². The molecule has 0 unspecified atom stereocenters. The lowest BCUT2D eigenvalue weighted by molar-refractivity contribution is -0.131. The van der Waals surface area contributed by atoms with Crippen LogP contribution in [0.3, 0.4) is 0 Å². The van der Waals surface area contributed by atoms with Crippen LogP contribution in [0.25, 0.3) is 10.9 Å². The van der Waals surface area contributed by atoms with Crippen LogP contribution in [0.15, 0.2) is 35.3 Å². The fourth-order valence-electron chi connectivity index (χ4n) is 3.96. The highest BCUT2D eigenvalue weighted by Gasteiger charge is 2.22. The second-order valence-electron chi connectivity index (χ2n) is 7.41. The number of para-hydroxylation sites is 1. The minimum absolute atomic E-state index is 0.120. The zero-order chi connectivity index (χ0) is 20.2. The number of hydrogen-bond acceptors (Lipinski definition) is 4. The molecule has 3 heterocycles. The van der Waals surface area contributed by atoms with Gasteiger partial charge in [0, 0.05) is 56.7 Å². The average molecular weight is 397 g/mol. The predicted octanol–water partition coefficient (Wildman–Crippen LogP) is 1.58. The van der Waals surface area contributed by atoms with Crippen molar-refractivity contribution < 1.29 is 9.53 Å². The van der Waals surface area contributed by atoms with E-state index in [0.717, 1.165) is 24.2 Å². The summed E-state index contributed by atoms with van der Waals surface area (Å²) in [6, 6.07) is 8.23. The molecular formula is C21H27N5O3. The van der Waals surface area contributed by atoms with Gasteiger partial charge in [0.25, 0.3) is 0 Å². The maximum absolute atomic E-state index is 12.7. The van der Waals surface area contributed by atoms with Gasteiger partial charge in [-0.25, -0.2) is 9.48 Å². The third-order valence-corrected chi connectivity index (χ3v) is 5.57. The number of aryl methyl sites for hydroxylation is 1. The van der Waals surface area contributed by atoms with E-state index < -0.39 is 0 Å². The third kappa shape index (κ3) is 4.12. The van der Waals surface area contributed by atoms with Gasteiger partial charge < -0.3 is 14.6 Å². The van der Waals surface area contributed by atoms with Crippen LogP contribution in [0.5, 0.6) is 0 Å². The molecule has 29 heavy (non-hydrogen) atoms. The summed E-state index contributed by atoms with van der Waals surface area (Å²) in [5.41, 5.74) is 2.26. The minimum Gasteiger partial charge on any atom is -0.383 e. The molecule has 0 bridgehead atoms. The lowest BCUT2D eigenvalue weighted by atomic mass is 10.1. The molecule has 3 aromatic rings. The molecule has 1 aromatic carbocycles. The van der Waals surface area contributed by atoms with E-state index in [2.05, 4.69) is 22.2 Å². The molecule has 8 heteroatoms. The highest BCUT2D eigenvalue weighted by molar-refractivity contribution is 5.83. The number of methoxy groups -OCH3 is 1. The molecule has 0 saturated heterocycles. The molecule has 1 amide bonds.